The number of aromatic amines is 1. The summed E-state index contributed by atoms with van der Waals surface area (Å²) in [6.07, 6.45) is 1.72. The smallest absolute Gasteiger partial charge is 0.251 e. The van der Waals surface area contributed by atoms with E-state index in [4.69, 9.17) is 9.47 Å². The summed E-state index contributed by atoms with van der Waals surface area (Å²) in [5, 5.41) is 10.6. The molecule has 2 N–H and O–H groups in total. The van der Waals surface area contributed by atoms with Crippen LogP contribution in [-0.2, 0) is 0 Å². The average Bonchev–Trinajstić information content (AvgIpc) is 3.06. The Morgan fingerprint density at radius 2 is 2.04 bits per heavy atom. The number of fused-ring (bicyclic) bond motifs is 1. The molecule has 0 bridgehead atoms. The van der Waals surface area contributed by atoms with Gasteiger partial charge in [0.1, 0.15) is 6.61 Å². The number of rotatable bonds is 6. The zero-order valence-electron chi connectivity index (χ0n) is 12.7. The molecule has 3 rings (SSSR count). The van der Waals surface area contributed by atoms with Gasteiger partial charge in [0, 0.05) is 10.9 Å². The molecule has 1 amide bonds. The van der Waals surface area contributed by atoms with Crippen LogP contribution in [0.25, 0.3) is 10.9 Å². The van der Waals surface area contributed by atoms with Crippen molar-refractivity contribution in [3.63, 3.8) is 0 Å². The van der Waals surface area contributed by atoms with Crippen LogP contribution in [0.2, 0.25) is 0 Å². The van der Waals surface area contributed by atoms with Crippen LogP contribution in [0.4, 0.5) is 0 Å². The highest BCUT2D eigenvalue weighted by Crippen LogP contribution is 2.25. The van der Waals surface area contributed by atoms with Gasteiger partial charge in [-0.25, -0.2) is 0 Å². The van der Waals surface area contributed by atoms with Gasteiger partial charge >= 0.3 is 0 Å². The summed E-state index contributed by atoms with van der Waals surface area (Å²) >= 11 is 0. The fourth-order valence-electron chi connectivity index (χ4n) is 2.24. The molecule has 0 saturated heterocycles. The maximum absolute atomic E-state index is 12.1. The predicted octanol–water partition coefficient (Wildman–Crippen LogP) is 2.38. The maximum Gasteiger partial charge on any atom is 0.251 e. The quantitative estimate of drug-likeness (QED) is 0.685. The van der Waals surface area contributed by atoms with Crippen LogP contribution in [0.15, 0.2) is 48.7 Å². The number of aromatic nitrogens is 2. The summed E-state index contributed by atoms with van der Waals surface area (Å²) in [4.78, 5) is 12.1. The van der Waals surface area contributed by atoms with E-state index in [1.807, 2.05) is 30.3 Å². The normalized spacial score (nSPS) is 10.5. The van der Waals surface area contributed by atoms with E-state index in [0.717, 1.165) is 10.9 Å². The lowest BCUT2D eigenvalue weighted by Crippen LogP contribution is -2.28. The van der Waals surface area contributed by atoms with Crippen molar-refractivity contribution in [1.82, 2.24) is 15.5 Å². The number of benzene rings is 2. The number of amides is 1. The number of H-pyrrole nitrogens is 1. The molecule has 118 valence electrons. The third-order valence-corrected chi connectivity index (χ3v) is 3.42. The zero-order chi connectivity index (χ0) is 16.1. The molecule has 0 radical (unpaired) electrons. The van der Waals surface area contributed by atoms with Crippen LogP contribution in [0, 0.1) is 0 Å². The molecule has 6 nitrogen and oxygen atoms in total. The first kappa shape index (κ1) is 14.9. The molecule has 2 aromatic carbocycles. The number of carbonyl (C=O) groups excluding carboxylic acids is 1. The molecule has 0 spiro atoms. The molecule has 0 aliphatic carbocycles. The van der Waals surface area contributed by atoms with Crippen LogP contribution >= 0.6 is 0 Å². The molecule has 0 aliphatic heterocycles. The van der Waals surface area contributed by atoms with E-state index in [1.54, 1.807) is 25.4 Å². The molecule has 0 unspecified atom stereocenters. The van der Waals surface area contributed by atoms with Crippen LogP contribution in [-0.4, -0.2) is 36.4 Å². The van der Waals surface area contributed by atoms with Gasteiger partial charge in [0.05, 0.1) is 25.4 Å². The Balaban J connectivity index is 1.53. The highest BCUT2D eigenvalue weighted by atomic mass is 16.5. The maximum atomic E-state index is 12.1. The lowest BCUT2D eigenvalue weighted by molar-refractivity contribution is 0.0947. The van der Waals surface area contributed by atoms with Crippen LogP contribution < -0.4 is 14.8 Å². The third kappa shape index (κ3) is 3.42. The third-order valence-electron chi connectivity index (χ3n) is 3.42. The summed E-state index contributed by atoms with van der Waals surface area (Å²) in [7, 11) is 1.59. The molecule has 0 aliphatic rings. The molecule has 23 heavy (non-hydrogen) atoms. The highest BCUT2D eigenvalue weighted by molar-refractivity contribution is 5.97. The Kier molecular flexibility index (Phi) is 4.42. The Labute approximate surface area is 133 Å². The number of nitrogens with zero attached hydrogens (tertiary/aromatic N) is 1. The number of methoxy groups -OCH3 is 1. The molecule has 1 aromatic heterocycles. The number of ether oxygens (including phenoxy) is 2. The molecular formula is C17H17N3O3. The Morgan fingerprint density at radius 1 is 1.22 bits per heavy atom. The fourth-order valence-corrected chi connectivity index (χ4v) is 2.24. The van der Waals surface area contributed by atoms with E-state index in [1.165, 1.54) is 0 Å². The summed E-state index contributed by atoms with van der Waals surface area (Å²) in [5.41, 5.74) is 1.42. The molecule has 3 aromatic rings. The molecule has 0 saturated carbocycles. The fraction of sp³-hybridized carbons (Fsp3) is 0.176. The Morgan fingerprint density at radius 3 is 2.87 bits per heavy atom. The first-order valence-electron chi connectivity index (χ1n) is 7.25. The Hall–Kier alpha value is -3.02. The van der Waals surface area contributed by atoms with Gasteiger partial charge in [0.25, 0.3) is 5.91 Å². The topological polar surface area (TPSA) is 76.2 Å². The monoisotopic (exact) mass is 311 g/mol. The van der Waals surface area contributed by atoms with Crippen molar-refractivity contribution in [2.24, 2.45) is 0 Å². The van der Waals surface area contributed by atoms with Gasteiger partial charge in [-0.2, -0.15) is 5.10 Å². The molecule has 0 atom stereocenters. The van der Waals surface area contributed by atoms with Crippen molar-refractivity contribution in [1.29, 1.82) is 0 Å². The Bertz CT molecular complexity index is 813. The van der Waals surface area contributed by atoms with E-state index in [9.17, 15) is 4.79 Å². The lowest BCUT2D eigenvalue weighted by atomic mass is 10.1. The molecule has 0 fully saturated rings. The van der Waals surface area contributed by atoms with Gasteiger partial charge < -0.3 is 14.8 Å². The van der Waals surface area contributed by atoms with Crippen molar-refractivity contribution >= 4 is 16.8 Å². The second kappa shape index (κ2) is 6.83. The second-order valence-corrected chi connectivity index (χ2v) is 4.93. The number of hydrogen-bond donors (Lipinski definition) is 2. The summed E-state index contributed by atoms with van der Waals surface area (Å²) in [5.74, 6) is 1.18. The molecule has 6 heteroatoms. The number of nitrogens with one attached hydrogen (secondary N) is 2. The summed E-state index contributed by atoms with van der Waals surface area (Å²) < 4.78 is 10.8. The molecular weight excluding hydrogens is 294 g/mol. The summed E-state index contributed by atoms with van der Waals surface area (Å²) in [6.45, 7) is 0.760. The first-order chi connectivity index (χ1) is 11.3. The van der Waals surface area contributed by atoms with Crippen LogP contribution in [0.5, 0.6) is 11.5 Å². The lowest BCUT2D eigenvalue weighted by Gasteiger charge is -2.10. The molecule has 1 heterocycles. The summed E-state index contributed by atoms with van der Waals surface area (Å²) in [6, 6.07) is 12.8. The standard InChI is InChI=1S/C17H17N3O3/c1-22-15-4-2-3-5-16(15)23-9-8-18-17(21)12-6-7-13-11-19-20-14(13)10-12/h2-7,10-11H,8-9H2,1H3,(H,18,21)(H,19,20). The highest BCUT2D eigenvalue weighted by Gasteiger charge is 2.07. The van der Waals surface area contributed by atoms with Gasteiger partial charge in [0.2, 0.25) is 0 Å². The van der Waals surface area contributed by atoms with E-state index in [2.05, 4.69) is 15.5 Å². The second-order valence-electron chi connectivity index (χ2n) is 4.93. The van der Waals surface area contributed by atoms with Crippen LogP contribution in [0.1, 0.15) is 10.4 Å². The van der Waals surface area contributed by atoms with Crippen molar-refractivity contribution in [3.05, 3.63) is 54.2 Å². The SMILES string of the molecule is COc1ccccc1OCCNC(=O)c1ccc2cn[nH]c2c1. The largest absolute Gasteiger partial charge is 0.493 e. The van der Waals surface area contributed by atoms with E-state index >= 15 is 0 Å². The van der Waals surface area contributed by atoms with Crippen molar-refractivity contribution < 1.29 is 14.3 Å². The van der Waals surface area contributed by atoms with Gasteiger partial charge in [0.15, 0.2) is 11.5 Å². The van der Waals surface area contributed by atoms with Crippen molar-refractivity contribution in [2.45, 2.75) is 0 Å². The minimum atomic E-state index is -0.148. The van der Waals surface area contributed by atoms with Crippen LogP contribution in [0.3, 0.4) is 0 Å². The minimum Gasteiger partial charge on any atom is -0.493 e. The first-order valence-corrected chi connectivity index (χ1v) is 7.25. The van der Waals surface area contributed by atoms with E-state index in [0.29, 0.717) is 30.2 Å². The van der Waals surface area contributed by atoms with E-state index in [-0.39, 0.29) is 5.91 Å². The number of hydrogen-bond acceptors (Lipinski definition) is 4. The average molecular weight is 311 g/mol. The predicted molar refractivity (Wildman–Crippen MR) is 86.9 cm³/mol. The zero-order valence-corrected chi connectivity index (χ0v) is 12.7. The van der Waals surface area contributed by atoms with Gasteiger partial charge in [-0.15, -0.1) is 0 Å². The van der Waals surface area contributed by atoms with Crippen molar-refractivity contribution in [2.75, 3.05) is 20.3 Å². The van der Waals surface area contributed by atoms with E-state index < -0.39 is 0 Å². The number of para-hydroxylation sites is 2. The minimum absolute atomic E-state index is 0.148. The van der Waals surface area contributed by atoms with Crippen molar-refractivity contribution in [3.8, 4) is 11.5 Å². The number of carbonyl (C=O) groups is 1. The van der Waals surface area contributed by atoms with Gasteiger partial charge in [-0.05, 0) is 24.3 Å². The van der Waals surface area contributed by atoms with Gasteiger partial charge in [-0.3, -0.25) is 9.89 Å². The van der Waals surface area contributed by atoms with Gasteiger partial charge in [-0.1, -0.05) is 18.2 Å².